The molecule has 0 aliphatic rings. The van der Waals surface area contributed by atoms with Crippen LogP contribution in [0.4, 0.5) is 0 Å². The molecule has 2 nitrogen and oxygen atoms in total. The standard InChI is InChI=1S/C11H11ClO2/c1-2-3-10(11(13)14)8-4-6-9(12)7-5-8/h2,4-7,10H,1,3H2,(H,13,14)/t10-/m1/s1. The van der Waals surface area contributed by atoms with Crippen molar-refractivity contribution in [2.45, 2.75) is 12.3 Å². The molecular weight excluding hydrogens is 200 g/mol. The molecule has 14 heavy (non-hydrogen) atoms. The van der Waals surface area contributed by atoms with E-state index in [1.54, 1.807) is 30.3 Å². The van der Waals surface area contributed by atoms with Crippen LogP contribution in [0.5, 0.6) is 0 Å². The van der Waals surface area contributed by atoms with Crippen molar-refractivity contribution in [2.24, 2.45) is 0 Å². The van der Waals surface area contributed by atoms with Gasteiger partial charge in [-0.2, -0.15) is 0 Å². The third-order valence-electron chi connectivity index (χ3n) is 1.97. The summed E-state index contributed by atoms with van der Waals surface area (Å²) in [6.45, 7) is 3.54. The third-order valence-corrected chi connectivity index (χ3v) is 2.22. The van der Waals surface area contributed by atoms with Crippen LogP contribution in [0.3, 0.4) is 0 Å². The summed E-state index contributed by atoms with van der Waals surface area (Å²) in [4.78, 5) is 10.9. The number of hydrogen-bond donors (Lipinski definition) is 1. The molecule has 0 bridgehead atoms. The molecule has 1 atom stereocenters. The fraction of sp³-hybridized carbons (Fsp3) is 0.182. The molecule has 0 amide bonds. The molecule has 0 saturated heterocycles. The lowest BCUT2D eigenvalue weighted by Gasteiger charge is -2.09. The van der Waals surface area contributed by atoms with Gasteiger partial charge in [0.25, 0.3) is 0 Å². The van der Waals surface area contributed by atoms with E-state index in [0.29, 0.717) is 11.4 Å². The maximum Gasteiger partial charge on any atom is 0.311 e. The maximum absolute atomic E-state index is 10.9. The normalized spacial score (nSPS) is 12.1. The van der Waals surface area contributed by atoms with Crippen LogP contribution in [-0.2, 0) is 4.79 Å². The van der Waals surface area contributed by atoms with Crippen LogP contribution in [0.1, 0.15) is 17.9 Å². The van der Waals surface area contributed by atoms with Gasteiger partial charge in [0, 0.05) is 5.02 Å². The summed E-state index contributed by atoms with van der Waals surface area (Å²) in [5.41, 5.74) is 0.752. The minimum atomic E-state index is -0.841. The van der Waals surface area contributed by atoms with E-state index in [2.05, 4.69) is 6.58 Å². The van der Waals surface area contributed by atoms with Gasteiger partial charge in [0.15, 0.2) is 0 Å². The highest BCUT2D eigenvalue weighted by Crippen LogP contribution is 2.22. The van der Waals surface area contributed by atoms with Gasteiger partial charge in [-0.3, -0.25) is 4.79 Å². The fourth-order valence-electron chi connectivity index (χ4n) is 1.24. The van der Waals surface area contributed by atoms with Crippen molar-refractivity contribution in [1.82, 2.24) is 0 Å². The van der Waals surface area contributed by atoms with E-state index in [0.717, 1.165) is 5.56 Å². The molecule has 0 radical (unpaired) electrons. The van der Waals surface area contributed by atoms with Crippen molar-refractivity contribution in [3.05, 3.63) is 47.5 Å². The molecule has 1 aromatic carbocycles. The third kappa shape index (κ3) is 2.60. The van der Waals surface area contributed by atoms with Crippen LogP contribution in [-0.4, -0.2) is 11.1 Å². The first kappa shape index (κ1) is 10.8. The number of allylic oxidation sites excluding steroid dienone is 1. The van der Waals surface area contributed by atoms with Gasteiger partial charge in [0.2, 0.25) is 0 Å². The number of benzene rings is 1. The van der Waals surface area contributed by atoms with E-state index in [9.17, 15) is 4.79 Å². The molecule has 74 valence electrons. The number of carboxylic acids is 1. The number of aliphatic carboxylic acids is 1. The Hall–Kier alpha value is -1.28. The highest BCUT2D eigenvalue weighted by atomic mass is 35.5. The van der Waals surface area contributed by atoms with E-state index in [4.69, 9.17) is 16.7 Å². The first-order valence-corrected chi connectivity index (χ1v) is 4.62. The van der Waals surface area contributed by atoms with Gasteiger partial charge in [-0.25, -0.2) is 0 Å². The lowest BCUT2D eigenvalue weighted by Crippen LogP contribution is -2.10. The summed E-state index contributed by atoms with van der Waals surface area (Å²) in [6, 6.07) is 6.83. The van der Waals surface area contributed by atoms with Gasteiger partial charge in [-0.1, -0.05) is 29.8 Å². The average Bonchev–Trinajstić information content (AvgIpc) is 2.15. The summed E-state index contributed by atoms with van der Waals surface area (Å²) in [5.74, 6) is -1.36. The molecule has 1 N–H and O–H groups in total. The number of halogens is 1. The quantitative estimate of drug-likeness (QED) is 0.776. The second-order valence-electron chi connectivity index (χ2n) is 2.97. The Kier molecular flexibility index (Phi) is 3.72. The van der Waals surface area contributed by atoms with Crippen LogP contribution in [0, 0.1) is 0 Å². The van der Waals surface area contributed by atoms with Crippen molar-refractivity contribution >= 4 is 17.6 Å². The maximum atomic E-state index is 10.9. The Morgan fingerprint density at radius 3 is 2.50 bits per heavy atom. The molecule has 0 fully saturated rings. The Labute approximate surface area is 87.8 Å². The number of hydrogen-bond acceptors (Lipinski definition) is 1. The topological polar surface area (TPSA) is 37.3 Å². The Bertz CT molecular complexity index is 330. The zero-order chi connectivity index (χ0) is 10.6. The van der Waals surface area contributed by atoms with Crippen LogP contribution in [0.2, 0.25) is 5.02 Å². The molecule has 0 aromatic heterocycles. The van der Waals surface area contributed by atoms with Gasteiger partial charge in [0.1, 0.15) is 0 Å². The van der Waals surface area contributed by atoms with Gasteiger partial charge in [-0.05, 0) is 24.1 Å². The van der Waals surface area contributed by atoms with Gasteiger partial charge >= 0.3 is 5.97 Å². The Morgan fingerprint density at radius 1 is 1.50 bits per heavy atom. The van der Waals surface area contributed by atoms with E-state index in [-0.39, 0.29) is 0 Å². The van der Waals surface area contributed by atoms with Crippen molar-refractivity contribution in [1.29, 1.82) is 0 Å². The van der Waals surface area contributed by atoms with Crippen molar-refractivity contribution in [3.8, 4) is 0 Å². The first-order valence-electron chi connectivity index (χ1n) is 4.24. The van der Waals surface area contributed by atoms with E-state index in [1.807, 2.05) is 0 Å². The Morgan fingerprint density at radius 2 is 2.07 bits per heavy atom. The van der Waals surface area contributed by atoms with Crippen molar-refractivity contribution in [2.75, 3.05) is 0 Å². The summed E-state index contributed by atoms with van der Waals surface area (Å²) in [6.07, 6.45) is 2.03. The van der Waals surface area contributed by atoms with Gasteiger partial charge < -0.3 is 5.11 Å². The minimum absolute atomic E-state index is 0.428. The van der Waals surface area contributed by atoms with Crippen LogP contribution in [0.15, 0.2) is 36.9 Å². The lowest BCUT2D eigenvalue weighted by molar-refractivity contribution is -0.138. The molecular formula is C11H11ClO2. The highest BCUT2D eigenvalue weighted by Gasteiger charge is 2.17. The van der Waals surface area contributed by atoms with E-state index >= 15 is 0 Å². The first-order chi connectivity index (χ1) is 6.65. The molecule has 0 aliphatic heterocycles. The molecule has 0 heterocycles. The summed E-state index contributed by atoms with van der Waals surface area (Å²) in [7, 11) is 0. The highest BCUT2D eigenvalue weighted by molar-refractivity contribution is 6.30. The van der Waals surface area contributed by atoms with Crippen LogP contribution >= 0.6 is 11.6 Å². The molecule has 3 heteroatoms. The average molecular weight is 211 g/mol. The molecule has 0 saturated carbocycles. The van der Waals surface area contributed by atoms with Crippen molar-refractivity contribution < 1.29 is 9.90 Å². The zero-order valence-corrected chi connectivity index (χ0v) is 8.37. The predicted molar refractivity (Wildman–Crippen MR) is 56.6 cm³/mol. The molecule has 0 spiro atoms. The number of carboxylic acid groups (broad SMARTS) is 1. The number of rotatable bonds is 4. The zero-order valence-electron chi connectivity index (χ0n) is 7.61. The molecule has 1 rings (SSSR count). The van der Waals surface area contributed by atoms with Crippen LogP contribution < -0.4 is 0 Å². The van der Waals surface area contributed by atoms with Crippen molar-refractivity contribution in [3.63, 3.8) is 0 Å². The van der Waals surface area contributed by atoms with E-state index < -0.39 is 11.9 Å². The smallest absolute Gasteiger partial charge is 0.311 e. The summed E-state index contributed by atoms with van der Waals surface area (Å²) in [5, 5.41) is 9.55. The second-order valence-corrected chi connectivity index (χ2v) is 3.40. The minimum Gasteiger partial charge on any atom is -0.481 e. The summed E-state index contributed by atoms with van der Waals surface area (Å²) >= 11 is 5.71. The molecule has 1 aromatic rings. The monoisotopic (exact) mass is 210 g/mol. The van der Waals surface area contributed by atoms with Gasteiger partial charge in [0.05, 0.1) is 5.92 Å². The SMILES string of the molecule is C=CC[C@@H](C(=O)O)c1ccc(Cl)cc1. The predicted octanol–water partition coefficient (Wildman–Crippen LogP) is 3.08. The van der Waals surface area contributed by atoms with Crippen LogP contribution in [0.25, 0.3) is 0 Å². The summed E-state index contributed by atoms with van der Waals surface area (Å²) < 4.78 is 0. The lowest BCUT2D eigenvalue weighted by atomic mass is 9.96. The van der Waals surface area contributed by atoms with Gasteiger partial charge in [-0.15, -0.1) is 6.58 Å². The molecule has 0 unspecified atom stereocenters. The number of carbonyl (C=O) groups is 1. The fourth-order valence-corrected chi connectivity index (χ4v) is 1.37. The van der Waals surface area contributed by atoms with E-state index in [1.165, 1.54) is 0 Å². The molecule has 0 aliphatic carbocycles. The second kappa shape index (κ2) is 4.82. The largest absolute Gasteiger partial charge is 0.481 e. The Balaban J connectivity index is 2.93.